The van der Waals surface area contributed by atoms with Gasteiger partial charge in [-0.2, -0.15) is 0 Å². The lowest BCUT2D eigenvalue weighted by molar-refractivity contribution is 0.0940. The van der Waals surface area contributed by atoms with Gasteiger partial charge in [-0.05, 0) is 17.7 Å². The number of nitrogens with one attached hydrogen (secondary N) is 1. The molecule has 0 saturated carbocycles. The van der Waals surface area contributed by atoms with Crippen LogP contribution in [0.1, 0.15) is 29.9 Å². The molecule has 0 bridgehead atoms. The molecule has 0 saturated heterocycles. The van der Waals surface area contributed by atoms with Crippen LogP contribution in [-0.2, 0) is 5.41 Å². The van der Waals surface area contributed by atoms with Crippen molar-refractivity contribution in [3.05, 3.63) is 64.9 Å². The highest BCUT2D eigenvalue weighted by molar-refractivity contribution is 6.29. The van der Waals surface area contributed by atoms with Gasteiger partial charge in [0.2, 0.25) is 0 Å². The van der Waals surface area contributed by atoms with Crippen LogP contribution >= 0.6 is 11.6 Å². The molecule has 1 heterocycles. The van der Waals surface area contributed by atoms with Crippen LogP contribution in [0.2, 0.25) is 5.15 Å². The van der Waals surface area contributed by atoms with Crippen LogP contribution in [0, 0.1) is 0 Å². The van der Waals surface area contributed by atoms with E-state index in [0.29, 0.717) is 17.4 Å². The number of carbonyl (C=O) groups is 1. The Labute approximate surface area is 124 Å². The van der Waals surface area contributed by atoms with Gasteiger partial charge in [0.1, 0.15) is 10.8 Å². The maximum absolute atomic E-state index is 12.0. The molecule has 0 aliphatic heterocycles. The van der Waals surface area contributed by atoms with E-state index in [4.69, 9.17) is 11.6 Å². The summed E-state index contributed by atoms with van der Waals surface area (Å²) in [4.78, 5) is 16.0. The Hall–Kier alpha value is -1.87. The molecular formula is C16H17ClN2O. The SMILES string of the molecule is CC(C)(CNC(=O)c1cccc(Cl)n1)c1ccccc1. The van der Waals surface area contributed by atoms with Crippen LogP contribution in [0.25, 0.3) is 0 Å². The zero-order valence-electron chi connectivity index (χ0n) is 11.6. The molecule has 3 nitrogen and oxygen atoms in total. The first-order valence-electron chi connectivity index (χ1n) is 6.45. The second-order valence-corrected chi connectivity index (χ2v) is 5.67. The third-order valence-electron chi connectivity index (χ3n) is 3.19. The fourth-order valence-corrected chi connectivity index (χ4v) is 2.08. The van der Waals surface area contributed by atoms with Crippen LogP contribution < -0.4 is 5.32 Å². The summed E-state index contributed by atoms with van der Waals surface area (Å²) in [6.07, 6.45) is 0. The van der Waals surface area contributed by atoms with E-state index in [1.54, 1.807) is 18.2 Å². The molecule has 0 unspecified atom stereocenters. The number of amides is 1. The fourth-order valence-electron chi connectivity index (χ4n) is 1.92. The van der Waals surface area contributed by atoms with E-state index < -0.39 is 0 Å². The van der Waals surface area contributed by atoms with Crippen molar-refractivity contribution in [3.63, 3.8) is 0 Å². The van der Waals surface area contributed by atoms with Gasteiger partial charge in [0.25, 0.3) is 5.91 Å². The van der Waals surface area contributed by atoms with Crippen molar-refractivity contribution < 1.29 is 4.79 Å². The van der Waals surface area contributed by atoms with E-state index in [9.17, 15) is 4.79 Å². The summed E-state index contributed by atoms with van der Waals surface area (Å²) >= 11 is 5.78. The molecule has 2 aromatic rings. The lowest BCUT2D eigenvalue weighted by Crippen LogP contribution is -2.37. The van der Waals surface area contributed by atoms with Crippen molar-refractivity contribution in [2.24, 2.45) is 0 Å². The quantitative estimate of drug-likeness (QED) is 0.876. The Balaban J connectivity index is 2.03. The predicted octanol–water partition coefficient (Wildman–Crippen LogP) is 3.44. The van der Waals surface area contributed by atoms with Gasteiger partial charge in [0, 0.05) is 12.0 Å². The van der Waals surface area contributed by atoms with E-state index >= 15 is 0 Å². The van der Waals surface area contributed by atoms with Crippen LogP contribution in [-0.4, -0.2) is 17.4 Å². The van der Waals surface area contributed by atoms with Gasteiger partial charge in [0.05, 0.1) is 0 Å². The zero-order valence-corrected chi connectivity index (χ0v) is 12.3. The first-order valence-corrected chi connectivity index (χ1v) is 6.83. The summed E-state index contributed by atoms with van der Waals surface area (Å²) in [6, 6.07) is 15.1. The third-order valence-corrected chi connectivity index (χ3v) is 3.40. The van der Waals surface area contributed by atoms with E-state index in [1.165, 1.54) is 5.56 Å². The van der Waals surface area contributed by atoms with Gasteiger partial charge in [-0.25, -0.2) is 4.98 Å². The molecule has 1 N–H and O–H groups in total. The summed E-state index contributed by atoms with van der Waals surface area (Å²) in [5.74, 6) is -0.212. The molecule has 0 radical (unpaired) electrons. The van der Waals surface area contributed by atoms with E-state index in [2.05, 4.69) is 36.3 Å². The molecule has 0 atom stereocenters. The van der Waals surface area contributed by atoms with E-state index in [-0.39, 0.29) is 11.3 Å². The van der Waals surface area contributed by atoms with Gasteiger partial charge in [-0.15, -0.1) is 0 Å². The van der Waals surface area contributed by atoms with Gasteiger partial charge >= 0.3 is 0 Å². The van der Waals surface area contributed by atoms with Crippen molar-refractivity contribution in [1.29, 1.82) is 0 Å². The Bertz CT molecular complexity index is 596. The first kappa shape index (κ1) is 14.5. The average Bonchev–Trinajstić information content (AvgIpc) is 2.46. The number of hydrogen-bond acceptors (Lipinski definition) is 2. The molecular weight excluding hydrogens is 272 g/mol. The molecule has 0 fully saturated rings. The summed E-state index contributed by atoms with van der Waals surface area (Å²) < 4.78 is 0. The maximum Gasteiger partial charge on any atom is 0.269 e. The normalized spacial score (nSPS) is 11.2. The van der Waals surface area contributed by atoms with Crippen molar-refractivity contribution in [2.45, 2.75) is 19.3 Å². The number of halogens is 1. The Morgan fingerprint density at radius 3 is 2.50 bits per heavy atom. The summed E-state index contributed by atoms with van der Waals surface area (Å²) in [5.41, 5.74) is 1.37. The minimum atomic E-state index is -0.212. The number of benzene rings is 1. The van der Waals surface area contributed by atoms with Gasteiger partial charge < -0.3 is 5.32 Å². The minimum Gasteiger partial charge on any atom is -0.350 e. The molecule has 4 heteroatoms. The third kappa shape index (κ3) is 3.58. The van der Waals surface area contributed by atoms with Crippen molar-refractivity contribution >= 4 is 17.5 Å². The molecule has 1 aromatic heterocycles. The topological polar surface area (TPSA) is 42.0 Å². The van der Waals surface area contributed by atoms with Crippen molar-refractivity contribution in [2.75, 3.05) is 6.54 Å². The highest BCUT2D eigenvalue weighted by atomic mass is 35.5. The van der Waals surface area contributed by atoms with Gasteiger partial charge in [-0.3, -0.25) is 4.79 Å². The molecule has 0 aliphatic rings. The number of nitrogens with zero attached hydrogens (tertiary/aromatic N) is 1. The molecule has 104 valence electrons. The fraction of sp³-hybridized carbons (Fsp3) is 0.250. The molecule has 2 rings (SSSR count). The number of hydrogen-bond donors (Lipinski definition) is 1. The van der Waals surface area contributed by atoms with Crippen LogP contribution in [0.3, 0.4) is 0 Å². The first-order chi connectivity index (χ1) is 9.49. The standard InChI is InChI=1S/C16H17ClN2O/c1-16(2,12-7-4-3-5-8-12)11-18-15(20)13-9-6-10-14(17)19-13/h3-10H,11H2,1-2H3,(H,18,20). The summed E-state index contributed by atoms with van der Waals surface area (Å²) in [7, 11) is 0. The van der Waals surface area contributed by atoms with Gasteiger partial charge in [-0.1, -0.05) is 61.8 Å². The Morgan fingerprint density at radius 2 is 1.85 bits per heavy atom. The monoisotopic (exact) mass is 288 g/mol. The maximum atomic E-state index is 12.0. The predicted molar refractivity (Wildman–Crippen MR) is 81.0 cm³/mol. The summed E-state index contributed by atoms with van der Waals surface area (Å²) in [6.45, 7) is 4.71. The van der Waals surface area contributed by atoms with Crippen molar-refractivity contribution in [1.82, 2.24) is 10.3 Å². The Morgan fingerprint density at radius 1 is 1.15 bits per heavy atom. The zero-order chi connectivity index (χ0) is 14.6. The molecule has 1 aromatic carbocycles. The molecule has 20 heavy (non-hydrogen) atoms. The highest BCUT2D eigenvalue weighted by Crippen LogP contribution is 2.21. The largest absolute Gasteiger partial charge is 0.350 e. The summed E-state index contributed by atoms with van der Waals surface area (Å²) in [5, 5.41) is 3.22. The Kier molecular flexibility index (Phi) is 4.40. The second-order valence-electron chi connectivity index (χ2n) is 5.28. The number of carbonyl (C=O) groups excluding carboxylic acids is 1. The van der Waals surface area contributed by atoms with Crippen LogP contribution in [0.15, 0.2) is 48.5 Å². The minimum absolute atomic E-state index is 0.143. The molecule has 1 amide bonds. The highest BCUT2D eigenvalue weighted by Gasteiger charge is 2.21. The smallest absolute Gasteiger partial charge is 0.269 e. The number of aromatic nitrogens is 1. The van der Waals surface area contributed by atoms with Crippen LogP contribution in [0.4, 0.5) is 0 Å². The number of pyridine rings is 1. The molecule has 0 spiro atoms. The number of rotatable bonds is 4. The lowest BCUT2D eigenvalue weighted by atomic mass is 9.84. The molecule has 0 aliphatic carbocycles. The second kappa shape index (κ2) is 6.06. The lowest BCUT2D eigenvalue weighted by Gasteiger charge is -2.25. The van der Waals surface area contributed by atoms with E-state index in [0.717, 1.165) is 0 Å². The van der Waals surface area contributed by atoms with Gasteiger partial charge in [0.15, 0.2) is 0 Å². The average molecular weight is 289 g/mol. The van der Waals surface area contributed by atoms with E-state index in [1.807, 2.05) is 18.2 Å². The van der Waals surface area contributed by atoms with Crippen molar-refractivity contribution in [3.8, 4) is 0 Å². The van der Waals surface area contributed by atoms with Crippen LogP contribution in [0.5, 0.6) is 0 Å².